The van der Waals surface area contributed by atoms with Crippen LogP contribution in [-0.4, -0.2) is 0 Å². The molecular formula is C4H6BrNS. The standard InChI is InChI=1S/C4H6BrNS/c1-3(5)7-4(2)6/h1-2,6H2. The van der Waals surface area contributed by atoms with Gasteiger partial charge >= 0.3 is 0 Å². The van der Waals surface area contributed by atoms with E-state index in [1.807, 2.05) is 0 Å². The van der Waals surface area contributed by atoms with E-state index in [-0.39, 0.29) is 0 Å². The average Bonchev–Trinajstić information content (AvgIpc) is 1.27. The van der Waals surface area contributed by atoms with Gasteiger partial charge in [-0.15, -0.1) is 0 Å². The van der Waals surface area contributed by atoms with E-state index in [9.17, 15) is 0 Å². The van der Waals surface area contributed by atoms with Crippen molar-refractivity contribution < 1.29 is 0 Å². The topological polar surface area (TPSA) is 26.0 Å². The van der Waals surface area contributed by atoms with E-state index < -0.39 is 0 Å². The van der Waals surface area contributed by atoms with Gasteiger partial charge in [-0.3, -0.25) is 0 Å². The van der Waals surface area contributed by atoms with E-state index in [1.54, 1.807) is 0 Å². The lowest BCUT2D eigenvalue weighted by molar-refractivity contribution is 1.59. The Kier molecular flexibility index (Phi) is 3.21. The molecule has 2 N–H and O–H groups in total. The summed E-state index contributed by atoms with van der Waals surface area (Å²) in [5.41, 5.74) is 5.17. The molecule has 0 aliphatic carbocycles. The Labute approximate surface area is 55.8 Å². The smallest absolute Gasteiger partial charge is 0.0635 e. The lowest BCUT2D eigenvalue weighted by Gasteiger charge is -1.90. The molecule has 0 saturated heterocycles. The van der Waals surface area contributed by atoms with Crippen molar-refractivity contribution in [1.82, 2.24) is 0 Å². The van der Waals surface area contributed by atoms with Crippen molar-refractivity contribution in [1.29, 1.82) is 0 Å². The zero-order valence-corrected chi connectivity index (χ0v) is 6.18. The molecule has 0 saturated carbocycles. The maximum absolute atomic E-state index is 5.17. The molecule has 0 spiro atoms. The highest BCUT2D eigenvalue weighted by Gasteiger charge is 1.85. The van der Waals surface area contributed by atoms with Gasteiger partial charge in [0.05, 0.1) is 5.03 Å². The van der Waals surface area contributed by atoms with Crippen LogP contribution in [0.5, 0.6) is 0 Å². The molecule has 0 aliphatic rings. The molecule has 0 bridgehead atoms. The first-order valence-electron chi connectivity index (χ1n) is 1.59. The summed E-state index contributed by atoms with van der Waals surface area (Å²) in [6.07, 6.45) is 0. The van der Waals surface area contributed by atoms with Crippen molar-refractivity contribution in [3.05, 3.63) is 22.0 Å². The van der Waals surface area contributed by atoms with Crippen LogP contribution in [0.3, 0.4) is 0 Å². The molecule has 0 amide bonds. The number of nitrogens with two attached hydrogens (primary N) is 1. The van der Waals surface area contributed by atoms with E-state index >= 15 is 0 Å². The fourth-order valence-electron chi connectivity index (χ4n) is 0.142. The second-order valence-electron chi connectivity index (χ2n) is 0.923. The van der Waals surface area contributed by atoms with Crippen LogP contribution >= 0.6 is 27.7 Å². The Morgan fingerprint density at radius 3 is 2.00 bits per heavy atom. The second-order valence-corrected chi connectivity index (χ2v) is 3.63. The fourth-order valence-corrected chi connectivity index (χ4v) is 1.05. The van der Waals surface area contributed by atoms with E-state index in [0.29, 0.717) is 5.03 Å². The van der Waals surface area contributed by atoms with Gasteiger partial charge in [0.2, 0.25) is 0 Å². The van der Waals surface area contributed by atoms with Gasteiger partial charge < -0.3 is 5.73 Å². The molecule has 0 aromatic heterocycles. The summed E-state index contributed by atoms with van der Waals surface area (Å²) >= 11 is 4.42. The van der Waals surface area contributed by atoms with Gasteiger partial charge in [0.15, 0.2) is 0 Å². The average molecular weight is 180 g/mol. The molecule has 40 valence electrons. The Hall–Kier alpha value is 0.110. The van der Waals surface area contributed by atoms with Crippen molar-refractivity contribution in [3.63, 3.8) is 0 Å². The molecule has 1 nitrogen and oxygen atoms in total. The normalized spacial score (nSPS) is 8.14. The summed E-state index contributed by atoms with van der Waals surface area (Å²) < 4.78 is 0.792. The zero-order chi connectivity index (χ0) is 5.86. The lowest BCUT2D eigenvalue weighted by atomic mass is 11.1. The van der Waals surface area contributed by atoms with Gasteiger partial charge in [0, 0.05) is 3.81 Å². The summed E-state index contributed by atoms with van der Waals surface area (Å²) in [6.45, 7) is 6.98. The van der Waals surface area contributed by atoms with Gasteiger partial charge in [-0.05, 0) is 15.9 Å². The van der Waals surface area contributed by atoms with Crippen LogP contribution < -0.4 is 5.73 Å². The Bertz CT molecular complexity index is 87.9. The molecule has 0 radical (unpaired) electrons. The first kappa shape index (κ1) is 7.11. The third-order valence-corrected chi connectivity index (χ3v) is 1.21. The van der Waals surface area contributed by atoms with E-state index in [4.69, 9.17) is 5.73 Å². The molecule has 0 aromatic carbocycles. The fraction of sp³-hybridized carbons (Fsp3) is 0. The highest BCUT2D eigenvalue weighted by Crippen LogP contribution is 2.22. The number of hydrogen-bond acceptors (Lipinski definition) is 2. The SMILES string of the molecule is C=C(N)SC(=C)Br. The Morgan fingerprint density at radius 1 is 1.57 bits per heavy atom. The summed E-state index contributed by atoms with van der Waals surface area (Å²) in [4.78, 5) is 0. The number of rotatable bonds is 2. The zero-order valence-electron chi connectivity index (χ0n) is 3.78. The van der Waals surface area contributed by atoms with E-state index in [0.717, 1.165) is 3.81 Å². The molecule has 3 heteroatoms. The summed E-state index contributed by atoms with van der Waals surface area (Å²) in [7, 11) is 0. The minimum absolute atomic E-state index is 0.557. The number of halogens is 1. The Morgan fingerprint density at radius 2 is 2.00 bits per heavy atom. The minimum Gasteiger partial charge on any atom is -0.394 e. The minimum atomic E-state index is 0.557. The molecule has 0 aromatic rings. The molecule has 0 aliphatic heterocycles. The number of hydrogen-bond donors (Lipinski definition) is 1. The summed E-state index contributed by atoms with van der Waals surface area (Å²) in [5, 5.41) is 0.557. The molecule has 0 fully saturated rings. The predicted octanol–water partition coefficient (Wildman–Crippen LogP) is 2.02. The lowest BCUT2D eigenvalue weighted by Crippen LogP contribution is -1.85. The molecule has 7 heavy (non-hydrogen) atoms. The van der Waals surface area contributed by atoms with Gasteiger partial charge in [-0.1, -0.05) is 24.9 Å². The first-order valence-corrected chi connectivity index (χ1v) is 3.20. The number of thioether (sulfide) groups is 1. The van der Waals surface area contributed by atoms with Gasteiger partial charge in [0.25, 0.3) is 0 Å². The third-order valence-electron chi connectivity index (χ3n) is 0.242. The van der Waals surface area contributed by atoms with E-state index in [2.05, 4.69) is 29.1 Å². The largest absolute Gasteiger partial charge is 0.394 e. The Balaban J connectivity index is 3.32. The van der Waals surface area contributed by atoms with Crippen LogP contribution in [0.2, 0.25) is 0 Å². The van der Waals surface area contributed by atoms with Crippen LogP contribution in [0, 0.1) is 0 Å². The van der Waals surface area contributed by atoms with Crippen LogP contribution in [0.4, 0.5) is 0 Å². The van der Waals surface area contributed by atoms with Gasteiger partial charge in [0.1, 0.15) is 0 Å². The highest BCUT2D eigenvalue weighted by atomic mass is 79.9. The van der Waals surface area contributed by atoms with Crippen molar-refractivity contribution in [2.75, 3.05) is 0 Å². The van der Waals surface area contributed by atoms with Crippen molar-refractivity contribution in [3.8, 4) is 0 Å². The van der Waals surface area contributed by atoms with Crippen molar-refractivity contribution in [2.45, 2.75) is 0 Å². The molecule has 0 atom stereocenters. The predicted molar refractivity (Wildman–Crippen MR) is 39.0 cm³/mol. The van der Waals surface area contributed by atoms with Crippen molar-refractivity contribution in [2.24, 2.45) is 5.73 Å². The monoisotopic (exact) mass is 179 g/mol. The van der Waals surface area contributed by atoms with Crippen LogP contribution in [-0.2, 0) is 0 Å². The summed E-state index contributed by atoms with van der Waals surface area (Å²) in [6, 6.07) is 0. The molecule has 0 heterocycles. The highest BCUT2D eigenvalue weighted by molar-refractivity contribution is 9.14. The van der Waals surface area contributed by atoms with Gasteiger partial charge in [-0.2, -0.15) is 0 Å². The van der Waals surface area contributed by atoms with E-state index in [1.165, 1.54) is 11.8 Å². The molecular weight excluding hydrogens is 174 g/mol. The quantitative estimate of drug-likeness (QED) is 0.703. The first-order chi connectivity index (χ1) is 3.13. The maximum atomic E-state index is 5.17. The third kappa shape index (κ3) is 6.11. The summed E-state index contributed by atoms with van der Waals surface area (Å²) in [5.74, 6) is 0. The molecule has 0 unspecified atom stereocenters. The second kappa shape index (κ2) is 3.16. The van der Waals surface area contributed by atoms with Crippen LogP contribution in [0.25, 0.3) is 0 Å². The maximum Gasteiger partial charge on any atom is 0.0635 e. The molecule has 0 rings (SSSR count). The van der Waals surface area contributed by atoms with Crippen LogP contribution in [0.1, 0.15) is 0 Å². The van der Waals surface area contributed by atoms with Crippen LogP contribution in [0.15, 0.2) is 22.0 Å². The van der Waals surface area contributed by atoms with Gasteiger partial charge in [-0.25, -0.2) is 0 Å². The van der Waals surface area contributed by atoms with Crippen molar-refractivity contribution >= 4 is 27.7 Å².